The van der Waals surface area contributed by atoms with Gasteiger partial charge in [0.05, 0.1) is 16.0 Å². The molecule has 5 nitrogen and oxygen atoms in total. The number of nitrogens with one attached hydrogen (secondary N) is 2. The van der Waals surface area contributed by atoms with Gasteiger partial charge in [0.25, 0.3) is 0 Å². The number of aromatic nitrogens is 1. The van der Waals surface area contributed by atoms with E-state index in [-0.39, 0.29) is 29.2 Å². The van der Waals surface area contributed by atoms with Crippen molar-refractivity contribution in [2.24, 2.45) is 5.73 Å². The van der Waals surface area contributed by atoms with Crippen molar-refractivity contribution in [1.29, 1.82) is 5.41 Å². The Morgan fingerprint density at radius 3 is 3.00 bits per heavy atom. The summed E-state index contributed by atoms with van der Waals surface area (Å²) in [5.74, 6) is -0.0735. The minimum Gasteiger partial charge on any atom is -0.379 e. The van der Waals surface area contributed by atoms with Gasteiger partial charge in [0.2, 0.25) is 5.91 Å². The number of hydrogen-bond donors (Lipinski definition) is 3. The number of halogens is 1. The molecule has 8 heteroatoms. The first-order valence-corrected chi connectivity index (χ1v) is 6.98. The van der Waals surface area contributed by atoms with Crippen LogP contribution in [-0.2, 0) is 4.79 Å². The lowest BCUT2D eigenvalue weighted by atomic mass is 10.2. The fourth-order valence-corrected chi connectivity index (χ4v) is 2.72. The molecule has 1 amide bonds. The number of thiazole rings is 1. The number of fused-ring (bicyclic) bond motifs is 1. The first-order valence-electron chi connectivity index (χ1n) is 5.18. The highest BCUT2D eigenvalue weighted by molar-refractivity contribution is 8.14. The largest absolute Gasteiger partial charge is 0.379 e. The van der Waals surface area contributed by atoms with Gasteiger partial charge in [-0.3, -0.25) is 10.2 Å². The van der Waals surface area contributed by atoms with E-state index in [9.17, 15) is 4.79 Å². The molecule has 102 valence electrons. The Morgan fingerprint density at radius 1 is 1.58 bits per heavy atom. The summed E-state index contributed by atoms with van der Waals surface area (Å²) in [4.78, 5) is 15.9. The van der Waals surface area contributed by atoms with Crippen LogP contribution in [0.15, 0.2) is 18.2 Å². The summed E-state index contributed by atoms with van der Waals surface area (Å²) in [5, 5.41) is 10.2. The molecule has 0 bridgehead atoms. The second-order valence-electron chi connectivity index (χ2n) is 3.69. The first kappa shape index (κ1) is 15.7. The number of carbonyl (C=O) groups excluding carboxylic acids is 1. The summed E-state index contributed by atoms with van der Waals surface area (Å²) in [6.45, 7) is 2.01. The maximum atomic E-state index is 11.5. The number of amidine groups is 1. The van der Waals surface area contributed by atoms with Crippen LogP contribution in [0.1, 0.15) is 5.56 Å². The number of benzene rings is 1. The summed E-state index contributed by atoms with van der Waals surface area (Å²) in [6.07, 6.45) is 0. The highest BCUT2D eigenvalue weighted by Gasteiger charge is 2.08. The van der Waals surface area contributed by atoms with E-state index in [0.29, 0.717) is 5.13 Å². The van der Waals surface area contributed by atoms with Crippen molar-refractivity contribution in [2.75, 3.05) is 11.1 Å². The quantitative estimate of drug-likeness (QED) is 0.599. The lowest BCUT2D eigenvalue weighted by Gasteiger charge is -1.99. The number of thioether (sulfide) groups is 1. The molecule has 0 aliphatic rings. The van der Waals surface area contributed by atoms with Crippen LogP contribution in [0, 0.1) is 12.3 Å². The number of carbonyl (C=O) groups is 1. The molecule has 0 fully saturated rings. The van der Waals surface area contributed by atoms with E-state index >= 15 is 0 Å². The summed E-state index contributed by atoms with van der Waals surface area (Å²) in [7, 11) is 0. The molecule has 4 N–H and O–H groups in total. The molecule has 1 aromatic carbocycles. The number of rotatable bonds is 3. The van der Waals surface area contributed by atoms with Crippen molar-refractivity contribution in [3.05, 3.63) is 23.8 Å². The highest BCUT2D eigenvalue weighted by atomic mass is 35.5. The third kappa shape index (κ3) is 4.38. The smallest absolute Gasteiger partial charge is 0.236 e. The molecule has 0 radical (unpaired) electrons. The molecular formula is C11H13ClN4OS2. The molecule has 2 aromatic rings. The van der Waals surface area contributed by atoms with Crippen LogP contribution in [0.4, 0.5) is 5.13 Å². The molecule has 0 unspecified atom stereocenters. The van der Waals surface area contributed by atoms with Gasteiger partial charge < -0.3 is 11.1 Å². The van der Waals surface area contributed by atoms with Crippen LogP contribution in [-0.4, -0.2) is 21.8 Å². The fourth-order valence-electron chi connectivity index (χ4n) is 1.38. The normalized spacial score (nSPS) is 9.95. The third-order valence-electron chi connectivity index (χ3n) is 2.15. The number of nitrogens with two attached hydrogens (primary N) is 1. The zero-order chi connectivity index (χ0) is 13.1. The summed E-state index contributed by atoms with van der Waals surface area (Å²) >= 11 is 2.43. The van der Waals surface area contributed by atoms with Crippen molar-refractivity contribution >= 4 is 61.9 Å². The Bertz CT molecular complexity index is 614. The van der Waals surface area contributed by atoms with Gasteiger partial charge in [-0.15, -0.1) is 12.4 Å². The highest BCUT2D eigenvalue weighted by Crippen LogP contribution is 2.26. The van der Waals surface area contributed by atoms with Gasteiger partial charge in [-0.1, -0.05) is 29.2 Å². The van der Waals surface area contributed by atoms with Gasteiger partial charge in [-0.05, 0) is 24.6 Å². The zero-order valence-corrected chi connectivity index (χ0v) is 12.5. The number of amides is 1. The second-order valence-corrected chi connectivity index (χ2v) is 5.74. The Labute approximate surface area is 124 Å². The average molecular weight is 317 g/mol. The Hall–Kier alpha value is -1.31. The average Bonchev–Trinajstić information content (AvgIpc) is 2.67. The second kappa shape index (κ2) is 6.74. The Kier molecular flexibility index (Phi) is 5.59. The zero-order valence-electron chi connectivity index (χ0n) is 10.1. The van der Waals surface area contributed by atoms with E-state index < -0.39 is 0 Å². The molecule has 19 heavy (non-hydrogen) atoms. The lowest BCUT2D eigenvalue weighted by molar-refractivity contribution is -0.113. The molecule has 1 heterocycles. The van der Waals surface area contributed by atoms with Crippen molar-refractivity contribution in [3.8, 4) is 0 Å². The van der Waals surface area contributed by atoms with Gasteiger partial charge in [-0.2, -0.15) is 0 Å². The fraction of sp³-hybridized carbons (Fsp3) is 0.182. The molecule has 0 aliphatic heterocycles. The molecule has 2 rings (SSSR count). The maximum absolute atomic E-state index is 11.5. The van der Waals surface area contributed by atoms with Crippen LogP contribution in [0.3, 0.4) is 0 Å². The van der Waals surface area contributed by atoms with Gasteiger partial charge in [0.15, 0.2) is 10.3 Å². The minimum atomic E-state index is -0.203. The molecule has 0 aliphatic carbocycles. The predicted octanol–water partition coefficient (Wildman–Crippen LogP) is 2.59. The van der Waals surface area contributed by atoms with E-state index in [0.717, 1.165) is 27.5 Å². The molecule has 0 spiro atoms. The third-order valence-corrected chi connectivity index (χ3v) is 3.80. The molecule has 0 saturated heterocycles. The van der Waals surface area contributed by atoms with Gasteiger partial charge in [0.1, 0.15) is 0 Å². The number of aryl methyl sites for hydroxylation is 1. The van der Waals surface area contributed by atoms with Crippen molar-refractivity contribution < 1.29 is 4.79 Å². The SMILES string of the molecule is Cc1ccc2nc(NC(=O)CSC(=N)N)sc2c1.Cl. The lowest BCUT2D eigenvalue weighted by Crippen LogP contribution is -2.17. The minimum absolute atomic E-state index is 0. The predicted molar refractivity (Wildman–Crippen MR) is 84.6 cm³/mol. The molecular weight excluding hydrogens is 304 g/mol. The molecule has 1 aromatic heterocycles. The van der Waals surface area contributed by atoms with E-state index in [2.05, 4.69) is 10.3 Å². The topological polar surface area (TPSA) is 91.9 Å². The maximum Gasteiger partial charge on any atom is 0.236 e. The van der Waals surface area contributed by atoms with E-state index in [1.165, 1.54) is 11.3 Å². The number of nitrogens with zero attached hydrogens (tertiary/aromatic N) is 1. The van der Waals surface area contributed by atoms with Gasteiger partial charge in [0, 0.05) is 0 Å². The monoisotopic (exact) mass is 316 g/mol. The van der Waals surface area contributed by atoms with Crippen LogP contribution in [0.2, 0.25) is 0 Å². The Morgan fingerprint density at radius 2 is 2.32 bits per heavy atom. The molecule has 0 saturated carbocycles. The summed E-state index contributed by atoms with van der Waals surface area (Å²) < 4.78 is 1.05. The van der Waals surface area contributed by atoms with Gasteiger partial charge >= 0.3 is 0 Å². The summed E-state index contributed by atoms with van der Waals surface area (Å²) in [6, 6.07) is 5.95. The van der Waals surface area contributed by atoms with Crippen LogP contribution >= 0.6 is 35.5 Å². The number of hydrogen-bond acceptors (Lipinski definition) is 5. The van der Waals surface area contributed by atoms with Crippen molar-refractivity contribution in [2.45, 2.75) is 6.92 Å². The number of anilines is 1. The first-order chi connectivity index (χ1) is 8.54. The standard InChI is InChI=1S/C11H12N4OS2.ClH/c1-6-2-3-7-8(4-6)18-11(14-7)15-9(16)5-17-10(12)13;/h2-4H,5H2,1H3,(H3,12,13)(H,14,15,16);1H. The Balaban J connectivity index is 0.00000180. The molecule has 0 atom stereocenters. The van der Waals surface area contributed by atoms with E-state index in [1.807, 2.05) is 25.1 Å². The van der Waals surface area contributed by atoms with Crippen LogP contribution < -0.4 is 11.1 Å². The van der Waals surface area contributed by atoms with E-state index in [4.69, 9.17) is 11.1 Å². The van der Waals surface area contributed by atoms with Crippen molar-refractivity contribution in [1.82, 2.24) is 4.98 Å². The van der Waals surface area contributed by atoms with Crippen LogP contribution in [0.25, 0.3) is 10.2 Å². The van der Waals surface area contributed by atoms with Gasteiger partial charge in [-0.25, -0.2) is 4.98 Å². The van der Waals surface area contributed by atoms with E-state index in [1.54, 1.807) is 0 Å². The van der Waals surface area contributed by atoms with Crippen molar-refractivity contribution in [3.63, 3.8) is 0 Å². The summed E-state index contributed by atoms with van der Waals surface area (Å²) in [5.41, 5.74) is 7.20. The van der Waals surface area contributed by atoms with Crippen LogP contribution in [0.5, 0.6) is 0 Å².